The molecule has 0 atom stereocenters. The smallest absolute Gasteiger partial charge is 0.112 e. The quantitative estimate of drug-likeness (QED) is 0.611. The van der Waals surface area contributed by atoms with Gasteiger partial charge in [-0.1, -0.05) is 18.2 Å². The van der Waals surface area contributed by atoms with Crippen molar-refractivity contribution < 1.29 is 0 Å². The molecular formula is C16H13N3. The van der Waals surface area contributed by atoms with Crippen LogP contribution in [-0.2, 0) is 5.41 Å². The van der Waals surface area contributed by atoms with Crippen LogP contribution in [0.2, 0.25) is 0 Å². The molecule has 3 nitrogen and oxygen atoms in total. The van der Waals surface area contributed by atoms with Gasteiger partial charge in [0.05, 0.1) is 22.4 Å². The monoisotopic (exact) mass is 247 g/mol. The van der Waals surface area contributed by atoms with Crippen molar-refractivity contribution in [3.05, 3.63) is 53.9 Å². The molecule has 0 N–H and O–H groups in total. The van der Waals surface area contributed by atoms with Crippen LogP contribution in [0.5, 0.6) is 0 Å². The molecule has 92 valence electrons. The van der Waals surface area contributed by atoms with Crippen molar-refractivity contribution in [1.29, 1.82) is 0 Å². The molecule has 3 aromatic rings. The molecule has 0 fully saturated rings. The fourth-order valence-electron chi connectivity index (χ4n) is 2.83. The maximum Gasteiger partial charge on any atom is 0.112 e. The number of nitrogens with zero attached hydrogens (tertiary/aromatic N) is 3. The number of rotatable bonds is 0. The summed E-state index contributed by atoms with van der Waals surface area (Å²) in [6, 6.07) is 12.1. The molecule has 0 spiro atoms. The molecule has 4 rings (SSSR count). The number of fused-ring (bicyclic) bond motifs is 4. The largest absolute Gasteiger partial charge is 0.254 e. The summed E-state index contributed by atoms with van der Waals surface area (Å²) in [5.41, 5.74) is 5.88. The average Bonchev–Trinajstić information content (AvgIpc) is 2.66. The van der Waals surface area contributed by atoms with Gasteiger partial charge in [0.1, 0.15) is 5.69 Å². The van der Waals surface area contributed by atoms with E-state index in [4.69, 9.17) is 9.97 Å². The van der Waals surface area contributed by atoms with Gasteiger partial charge < -0.3 is 0 Å². The predicted octanol–water partition coefficient (Wildman–Crippen LogP) is 3.33. The maximum absolute atomic E-state index is 4.82. The Hall–Kier alpha value is -2.29. The highest BCUT2D eigenvalue weighted by Crippen LogP contribution is 2.45. The van der Waals surface area contributed by atoms with Gasteiger partial charge >= 0.3 is 0 Å². The molecule has 0 aliphatic heterocycles. The van der Waals surface area contributed by atoms with Gasteiger partial charge in [-0.05, 0) is 37.6 Å². The molecule has 1 aromatic carbocycles. The van der Waals surface area contributed by atoms with Crippen LogP contribution in [0.3, 0.4) is 0 Å². The first kappa shape index (κ1) is 10.6. The molecule has 0 bridgehead atoms. The highest BCUT2D eigenvalue weighted by Gasteiger charge is 2.39. The number of hydrogen-bond donors (Lipinski definition) is 0. The van der Waals surface area contributed by atoms with Gasteiger partial charge in [-0.15, -0.1) is 0 Å². The van der Waals surface area contributed by atoms with Crippen molar-refractivity contribution in [3.63, 3.8) is 0 Å². The normalized spacial score (nSPS) is 15.3. The van der Waals surface area contributed by atoms with E-state index in [1.165, 1.54) is 5.56 Å². The second-order valence-corrected chi connectivity index (χ2v) is 5.43. The van der Waals surface area contributed by atoms with E-state index in [9.17, 15) is 0 Å². The predicted molar refractivity (Wildman–Crippen MR) is 74.9 cm³/mol. The molecule has 0 saturated carbocycles. The molecule has 0 saturated heterocycles. The van der Waals surface area contributed by atoms with Gasteiger partial charge in [-0.25, -0.2) is 9.97 Å². The second kappa shape index (κ2) is 3.38. The van der Waals surface area contributed by atoms with Gasteiger partial charge in [0.15, 0.2) is 0 Å². The van der Waals surface area contributed by atoms with E-state index in [1.54, 1.807) is 0 Å². The van der Waals surface area contributed by atoms with E-state index in [0.29, 0.717) is 0 Å². The van der Waals surface area contributed by atoms with Crippen LogP contribution in [0.4, 0.5) is 0 Å². The second-order valence-electron chi connectivity index (χ2n) is 5.43. The van der Waals surface area contributed by atoms with Gasteiger partial charge in [0.25, 0.3) is 0 Å². The molecule has 3 heteroatoms. The lowest BCUT2D eigenvalue weighted by Crippen LogP contribution is -2.17. The number of aromatic nitrogens is 3. The minimum Gasteiger partial charge on any atom is -0.254 e. The van der Waals surface area contributed by atoms with Crippen LogP contribution in [0.1, 0.15) is 25.1 Å². The fraction of sp³-hybridized carbons (Fsp3) is 0.188. The van der Waals surface area contributed by atoms with Crippen molar-refractivity contribution in [3.8, 4) is 11.4 Å². The molecule has 0 unspecified atom stereocenters. The summed E-state index contributed by atoms with van der Waals surface area (Å²) in [4.78, 5) is 14.1. The zero-order valence-corrected chi connectivity index (χ0v) is 10.9. The molecule has 0 amide bonds. The zero-order valence-electron chi connectivity index (χ0n) is 10.9. The van der Waals surface area contributed by atoms with Crippen molar-refractivity contribution in [2.45, 2.75) is 19.3 Å². The van der Waals surface area contributed by atoms with E-state index in [2.05, 4.69) is 24.9 Å². The summed E-state index contributed by atoms with van der Waals surface area (Å²) >= 11 is 0. The molecule has 1 aliphatic rings. The first-order valence-electron chi connectivity index (χ1n) is 6.41. The van der Waals surface area contributed by atoms with E-state index >= 15 is 0 Å². The third-order valence-electron chi connectivity index (χ3n) is 3.87. The summed E-state index contributed by atoms with van der Waals surface area (Å²) in [6.45, 7) is 4.37. The standard InChI is InChI=1S/C16H13N3/c1-16(2)10-6-5-9-17-13(10)14-15(16)19-12-8-4-3-7-11(12)18-14/h3-9H,1-2H3. The van der Waals surface area contributed by atoms with Crippen LogP contribution in [0.15, 0.2) is 42.6 Å². The summed E-state index contributed by atoms with van der Waals surface area (Å²) < 4.78 is 0. The van der Waals surface area contributed by atoms with Crippen LogP contribution in [0, 0.1) is 0 Å². The minimum absolute atomic E-state index is 0.129. The third kappa shape index (κ3) is 1.30. The summed E-state index contributed by atoms with van der Waals surface area (Å²) in [7, 11) is 0. The van der Waals surface area contributed by atoms with Crippen molar-refractivity contribution >= 4 is 11.0 Å². The van der Waals surface area contributed by atoms with Crippen LogP contribution in [0.25, 0.3) is 22.4 Å². The molecule has 0 radical (unpaired) electrons. The lowest BCUT2D eigenvalue weighted by molar-refractivity contribution is 0.637. The van der Waals surface area contributed by atoms with Crippen LogP contribution >= 0.6 is 0 Å². The van der Waals surface area contributed by atoms with Crippen LogP contribution < -0.4 is 0 Å². The Labute approximate surface area is 111 Å². The third-order valence-corrected chi connectivity index (χ3v) is 3.87. The molecule has 2 heterocycles. The van der Waals surface area contributed by atoms with Gasteiger partial charge in [-0.2, -0.15) is 0 Å². The summed E-state index contributed by atoms with van der Waals surface area (Å²) in [6.07, 6.45) is 1.82. The average molecular weight is 247 g/mol. The molecular weight excluding hydrogens is 234 g/mol. The minimum atomic E-state index is -0.129. The van der Waals surface area contributed by atoms with E-state index in [-0.39, 0.29) is 5.41 Å². The highest BCUT2D eigenvalue weighted by molar-refractivity contribution is 5.82. The Morgan fingerprint density at radius 1 is 0.842 bits per heavy atom. The van der Waals surface area contributed by atoms with E-state index < -0.39 is 0 Å². The molecule has 2 aromatic heterocycles. The maximum atomic E-state index is 4.82. The SMILES string of the molecule is CC1(C)c2cccnc2-c2nc3ccccc3nc21. The Morgan fingerprint density at radius 2 is 1.58 bits per heavy atom. The van der Waals surface area contributed by atoms with Crippen molar-refractivity contribution in [1.82, 2.24) is 15.0 Å². The number of para-hydroxylation sites is 2. The lowest BCUT2D eigenvalue weighted by Gasteiger charge is -2.19. The Balaban J connectivity index is 2.15. The van der Waals surface area contributed by atoms with E-state index in [1.807, 2.05) is 36.5 Å². The lowest BCUT2D eigenvalue weighted by atomic mass is 9.86. The Kier molecular flexibility index (Phi) is 1.89. The molecule has 19 heavy (non-hydrogen) atoms. The first-order valence-corrected chi connectivity index (χ1v) is 6.41. The number of hydrogen-bond acceptors (Lipinski definition) is 3. The summed E-state index contributed by atoms with van der Waals surface area (Å²) in [5, 5.41) is 0. The number of pyridine rings is 1. The first-order chi connectivity index (χ1) is 9.18. The Morgan fingerprint density at radius 3 is 2.37 bits per heavy atom. The summed E-state index contributed by atoms with van der Waals surface area (Å²) in [5.74, 6) is 0. The topological polar surface area (TPSA) is 38.7 Å². The van der Waals surface area contributed by atoms with E-state index in [0.717, 1.165) is 28.1 Å². The van der Waals surface area contributed by atoms with Crippen molar-refractivity contribution in [2.75, 3.05) is 0 Å². The highest BCUT2D eigenvalue weighted by atomic mass is 14.9. The van der Waals surface area contributed by atoms with Gasteiger partial charge in [0, 0.05) is 11.6 Å². The number of benzene rings is 1. The van der Waals surface area contributed by atoms with Gasteiger partial charge in [-0.3, -0.25) is 4.98 Å². The molecule has 1 aliphatic carbocycles. The fourth-order valence-corrected chi connectivity index (χ4v) is 2.83. The van der Waals surface area contributed by atoms with Crippen molar-refractivity contribution in [2.24, 2.45) is 0 Å². The van der Waals surface area contributed by atoms with Crippen LogP contribution in [-0.4, -0.2) is 15.0 Å². The zero-order chi connectivity index (χ0) is 13.0. The van der Waals surface area contributed by atoms with Gasteiger partial charge in [0.2, 0.25) is 0 Å². The Bertz CT molecular complexity index is 806.